The van der Waals surface area contributed by atoms with Gasteiger partial charge in [-0.1, -0.05) is 23.7 Å². The molecule has 2 rings (SSSR count). The first-order chi connectivity index (χ1) is 13.1. The van der Waals surface area contributed by atoms with E-state index >= 15 is 0 Å². The van der Waals surface area contributed by atoms with Crippen molar-refractivity contribution in [1.29, 1.82) is 0 Å². The number of hydrogen-bond donors (Lipinski definition) is 1. The van der Waals surface area contributed by atoms with Crippen LogP contribution in [-0.4, -0.2) is 60.0 Å². The summed E-state index contributed by atoms with van der Waals surface area (Å²) in [6.45, 7) is 6.34. The van der Waals surface area contributed by atoms with Gasteiger partial charge in [-0.15, -0.1) is 0 Å². The van der Waals surface area contributed by atoms with Crippen molar-refractivity contribution in [3.63, 3.8) is 0 Å². The van der Waals surface area contributed by atoms with Crippen LogP contribution in [0.15, 0.2) is 24.3 Å². The van der Waals surface area contributed by atoms with Crippen LogP contribution in [-0.2, 0) is 14.3 Å². The summed E-state index contributed by atoms with van der Waals surface area (Å²) >= 11 is 6.03. The van der Waals surface area contributed by atoms with Crippen LogP contribution in [0, 0.1) is 5.92 Å². The molecule has 0 spiro atoms. The molecule has 1 saturated heterocycles. The standard InChI is InChI=1S/C20H28ClN3O4/c1-20(2,3)28-19(27)24-11-9-14(10-12-24)18(26)23(4)13-17(25)22-16-8-6-5-7-15(16)21/h5-8,14H,9-13H2,1-4H3,(H,22,25). The van der Waals surface area contributed by atoms with Gasteiger partial charge in [0.1, 0.15) is 5.60 Å². The molecule has 1 aromatic carbocycles. The van der Waals surface area contributed by atoms with E-state index in [1.54, 1.807) is 36.2 Å². The van der Waals surface area contributed by atoms with Gasteiger partial charge >= 0.3 is 6.09 Å². The largest absolute Gasteiger partial charge is 0.444 e. The van der Waals surface area contributed by atoms with E-state index in [1.807, 2.05) is 20.8 Å². The normalized spacial score (nSPS) is 15.1. The molecule has 0 radical (unpaired) electrons. The summed E-state index contributed by atoms with van der Waals surface area (Å²) in [6.07, 6.45) is 0.745. The molecule has 0 aromatic heterocycles. The zero-order valence-corrected chi connectivity index (χ0v) is 17.6. The lowest BCUT2D eigenvalue weighted by molar-refractivity contribution is -0.138. The Bertz CT molecular complexity index is 724. The smallest absolute Gasteiger partial charge is 0.410 e. The van der Waals surface area contributed by atoms with Crippen molar-refractivity contribution in [2.45, 2.75) is 39.2 Å². The van der Waals surface area contributed by atoms with E-state index in [4.69, 9.17) is 16.3 Å². The average Bonchev–Trinajstić information content (AvgIpc) is 2.61. The van der Waals surface area contributed by atoms with Gasteiger partial charge in [-0.05, 0) is 45.7 Å². The van der Waals surface area contributed by atoms with Crippen molar-refractivity contribution in [2.24, 2.45) is 5.92 Å². The minimum Gasteiger partial charge on any atom is -0.444 e. The number of ether oxygens (including phenoxy) is 1. The Morgan fingerprint density at radius 3 is 2.39 bits per heavy atom. The molecule has 1 N–H and O–H groups in total. The van der Waals surface area contributed by atoms with Crippen molar-refractivity contribution in [2.75, 3.05) is 32.0 Å². The lowest BCUT2D eigenvalue weighted by Crippen LogP contribution is -2.46. The van der Waals surface area contributed by atoms with Crippen LogP contribution in [0.1, 0.15) is 33.6 Å². The second-order valence-electron chi connectivity index (χ2n) is 7.96. The summed E-state index contributed by atoms with van der Waals surface area (Å²) in [7, 11) is 1.61. The predicted octanol–water partition coefficient (Wildman–Crippen LogP) is 3.38. The molecule has 1 fully saturated rings. The summed E-state index contributed by atoms with van der Waals surface area (Å²) in [5.41, 5.74) is -0.0282. The van der Waals surface area contributed by atoms with E-state index < -0.39 is 5.60 Å². The van der Waals surface area contributed by atoms with E-state index in [9.17, 15) is 14.4 Å². The Balaban J connectivity index is 1.81. The molecule has 7 nitrogen and oxygen atoms in total. The number of carbonyl (C=O) groups excluding carboxylic acids is 3. The van der Waals surface area contributed by atoms with Gasteiger partial charge in [-0.25, -0.2) is 4.79 Å². The molecule has 0 saturated carbocycles. The number of hydrogen-bond acceptors (Lipinski definition) is 4. The number of likely N-dealkylation sites (tertiary alicyclic amines) is 1. The molecule has 0 aliphatic carbocycles. The number of nitrogens with zero attached hydrogens (tertiary/aromatic N) is 2. The van der Waals surface area contributed by atoms with Crippen molar-refractivity contribution < 1.29 is 19.1 Å². The predicted molar refractivity (Wildman–Crippen MR) is 108 cm³/mol. The van der Waals surface area contributed by atoms with Gasteiger partial charge in [0.25, 0.3) is 0 Å². The maximum Gasteiger partial charge on any atom is 0.410 e. The first-order valence-electron chi connectivity index (χ1n) is 9.34. The molecular formula is C20H28ClN3O4. The molecule has 8 heteroatoms. The quantitative estimate of drug-likeness (QED) is 0.826. The maximum absolute atomic E-state index is 12.6. The van der Waals surface area contributed by atoms with Crippen LogP contribution in [0.2, 0.25) is 5.02 Å². The van der Waals surface area contributed by atoms with Gasteiger partial charge in [-0.2, -0.15) is 0 Å². The number of para-hydroxylation sites is 1. The highest BCUT2D eigenvalue weighted by Crippen LogP contribution is 2.22. The van der Waals surface area contributed by atoms with Crippen LogP contribution >= 0.6 is 11.6 Å². The molecular weight excluding hydrogens is 382 g/mol. The molecule has 1 heterocycles. The van der Waals surface area contributed by atoms with Crippen molar-refractivity contribution in [3.05, 3.63) is 29.3 Å². The highest BCUT2D eigenvalue weighted by molar-refractivity contribution is 6.33. The van der Waals surface area contributed by atoms with E-state index in [-0.39, 0.29) is 30.4 Å². The van der Waals surface area contributed by atoms with Gasteiger partial charge in [0.05, 0.1) is 17.3 Å². The van der Waals surface area contributed by atoms with Crippen molar-refractivity contribution in [1.82, 2.24) is 9.80 Å². The minimum atomic E-state index is -0.543. The van der Waals surface area contributed by atoms with Crippen LogP contribution in [0.5, 0.6) is 0 Å². The number of benzene rings is 1. The Kier molecular flexibility index (Phi) is 7.29. The van der Waals surface area contributed by atoms with Gasteiger partial charge in [0, 0.05) is 26.1 Å². The fourth-order valence-corrected chi connectivity index (χ4v) is 3.18. The van der Waals surface area contributed by atoms with Crippen LogP contribution in [0.3, 0.4) is 0 Å². The lowest BCUT2D eigenvalue weighted by atomic mass is 9.95. The molecule has 154 valence electrons. The number of likely N-dealkylation sites (N-methyl/N-ethyl adjacent to an activating group) is 1. The minimum absolute atomic E-state index is 0.0592. The monoisotopic (exact) mass is 409 g/mol. The average molecular weight is 410 g/mol. The lowest BCUT2D eigenvalue weighted by Gasteiger charge is -2.34. The summed E-state index contributed by atoms with van der Waals surface area (Å²) in [6, 6.07) is 6.94. The number of rotatable bonds is 4. The number of nitrogens with one attached hydrogen (secondary N) is 1. The second kappa shape index (κ2) is 9.28. The summed E-state index contributed by atoms with van der Waals surface area (Å²) in [4.78, 5) is 40.0. The number of halogens is 1. The third-order valence-electron chi connectivity index (χ3n) is 4.40. The zero-order valence-electron chi connectivity index (χ0n) is 16.8. The molecule has 1 aliphatic heterocycles. The number of carbonyl (C=O) groups is 3. The Morgan fingerprint density at radius 1 is 1.21 bits per heavy atom. The number of piperidine rings is 1. The molecule has 0 atom stereocenters. The fourth-order valence-electron chi connectivity index (χ4n) is 2.99. The molecule has 0 unspecified atom stereocenters. The van der Waals surface area contributed by atoms with E-state index in [1.165, 1.54) is 4.90 Å². The Labute approximate surface area is 171 Å². The Hall–Kier alpha value is -2.28. The highest BCUT2D eigenvalue weighted by atomic mass is 35.5. The van der Waals surface area contributed by atoms with Gasteiger partial charge < -0.3 is 19.9 Å². The summed E-state index contributed by atoms with van der Waals surface area (Å²) in [5, 5.41) is 3.15. The molecule has 1 aliphatic rings. The first kappa shape index (κ1) is 22.0. The van der Waals surface area contributed by atoms with Crippen LogP contribution in [0.4, 0.5) is 10.5 Å². The SMILES string of the molecule is CN(CC(=O)Nc1ccccc1Cl)C(=O)C1CCN(C(=O)OC(C)(C)C)CC1. The summed E-state index contributed by atoms with van der Waals surface area (Å²) < 4.78 is 5.37. The van der Waals surface area contributed by atoms with E-state index in [0.717, 1.165) is 0 Å². The van der Waals surface area contributed by atoms with Gasteiger partial charge in [0.2, 0.25) is 11.8 Å². The third kappa shape index (κ3) is 6.41. The molecule has 0 bridgehead atoms. The van der Waals surface area contributed by atoms with Crippen LogP contribution in [0.25, 0.3) is 0 Å². The fraction of sp³-hybridized carbons (Fsp3) is 0.550. The highest BCUT2D eigenvalue weighted by Gasteiger charge is 2.31. The van der Waals surface area contributed by atoms with Gasteiger partial charge in [-0.3, -0.25) is 9.59 Å². The molecule has 28 heavy (non-hydrogen) atoms. The van der Waals surface area contributed by atoms with E-state index in [0.29, 0.717) is 36.6 Å². The van der Waals surface area contributed by atoms with Crippen LogP contribution < -0.4 is 5.32 Å². The van der Waals surface area contributed by atoms with Gasteiger partial charge in [0.15, 0.2) is 0 Å². The van der Waals surface area contributed by atoms with E-state index in [2.05, 4.69) is 5.32 Å². The van der Waals surface area contributed by atoms with Crippen molar-refractivity contribution in [3.8, 4) is 0 Å². The zero-order chi connectivity index (χ0) is 20.9. The van der Waals surface area contributed by atoms with Crippen molar-refractivity contribution >= 4 is 35.2 Å². The Morgan fingerprint density at radius 2 is 1.82 bits per heavy atom. The molecule has 1 aromatic rings. The number of anilines is 1. The maximum atomic E-state index is 12.6. The third-order valence-corrected chi connectivity index (χ3v) is 4.73. The number of amides is 3. The summed E-state index contributed by atoms with van der Waals surface area (Å²) in [5.74, 6) is -0.620. The second-order valence-corrected chi connectivity index (χ2v) is 8.37. The first-order valence-corrected chi connectivity index (χ1v) is 9.72. The topological polar surface area (TPSA) is 79.0 Å². The molecule has 3 amide bonds.